The lowest BCUT2D eigenvalue weighted by Crippen LogP contribution is -2.73. The van der Waals surface area contributed by atoms with Gasteiger partial charge >= 0.3 is 16.3 Å². The Bertz CT molecular complexity index is 1410. The summed E-state index contributed by atoms with van der Waals surface area (Å²) in [6.07, 6.45) is 1.20. The van der Waals surface area contributed by atoms with Crippen LogP contribution in [0.1, 0.15) is 25.4 Å². The number of nitrogen functional groups attached to an aromatic ring is 1. The van der Waals surface area contributed by atoms with Gasteiger partial charge in [0, 0.05) is 5.38 Å². The number of carbonyl (C=O) groups excluding carboxylic acids is 2. The van der Waals surface area contributed by atoms with Crippen LogP contribution in [-0.2, 0) is 42.6 Å². The molecule has 206 valence electrons. The first kappa shape index (κ1) is 28.2. The van der Waals surface area contributed by atoms with Crippen LogP contribution in [0, 0.1) is 0 Å². The molecular formula is C17H23N11O8S2. The Labute approximate surface area is 218 Å². The van der Waals surface area contributed by atoms with Crippen LogP contribution in [0.25, 0.3) is 0 Å². The molecule has 0 radical (unpaired) electrons. The van der Waals surface area contributed by atoms with E-state index >= 15 is 0 Å². The van der Waals surface area contributed by atoms with E-state index in [1.807, 2.05) is 0 Å². The lowest BCUT2D eigenvalue weighted by molar-refractivity contribution is -0.161. The van der Waals surface area contributed by atoms with Crippen LogP contribution in [0.15, 0.2) is 21.9 Å². The highest BCUT2D eigenvalue weighted by atomic mass is 32.2. The molecule has 9 N–H and O–H groups in total. The molecule has 2 atom stereocenters. The molecule has 0 spiro atoms. The maximum absolute atomic E-state index is 13.1. The van der Waals surface area contributed by atoms with E-state index in [1.54, 1.807) is 0 Å². The van der Waals surface area contributed by atoms with Gasteiger partial charge in [0.25, 0.3) is 11.8 Å². The zero-order valence-electron chi connectivity index (χ0n) is 19.7. The lowest BCUT2D eigenvalue weighted by atomic mass is 9.98. The summed E-state index contributed by atoms with van der Waals surface area (Å²) in [5, 5.41) is 20.6. The van der Waals surface area contributed by atoms with Crippen molar-refractivity contribution < 1.29 is 37.3 Å². The van der Waals surface area contributed by atoms with Gasteiger partial charge in [0.15, 0.2) is 22.6 Å². The molecule has 1 aliphatic rings. The topological polar surface area (TPSA) is 297 Å². The summed E-state index contributed by atoms with van der Waals surface area (Å²) in [4.78, 5) is 53.7. The van der Waals surface area contributed by atoms with E-state index in [0.29, 0.717) is 0 Å². The van der Waals surface area contributed by atoms with Crippen LogP contribution in [0.2, 0.25) is 0 Å². The van der Waals surface area contributed by atoms with Crippen LogP contribution >= 0.6 is 11.3 Å². The smallest absolute Gasteiger partial charge is 0.362 e. The van der Waals surface area contributed by atoms with Gasteiger partial charge in [-0.2, -0.15) is 13.5 Å². The minimum Gasteiger partial charge on any atom is -0.478 e. The SMILES string of the molecule is CC(C)(O/N=C(/C(=O)N[C@@H]1C(=O)N(S(=O)(=O)O)[C@@H]1Cn1cnc(CN=C(N)N)n1)c1csc(N)n1)C(=O)O. The maximum atomic E-state index is 13.1. The van der Waals surface area contributed by atoms with Crippen molar-refractivity contribution in [1.82, 2.24) is 29.4 Å². The van der Waals surface area contributed by atoms with E-state index in [0.717, 1.165) is 16.0 Å². The largest absolute Gasteiger partial charge is 0.478 e. The summed E-state index contributed by atoms with van der Waals surface area (Å²) in [7, 11) is -5.01. The first-order chi connectivity index (χ1) is 17.6. The summed E-state index contributed by atoms with van der Waals surface area (Å²) >= 11 is 0.946. The Morgan fingerprint density at radius 2 is 2.03 bits per heavy atom. The molecule has 0 aliphatic carbocycles. The predicted octanol–water partition coefficient (Wildman–Crippen LogP) is -3.13. The molecule has 0 aromatic carbocycles. The number of carboxylic acid groups (broad SMARTS) is 1. The van der Waals surface area contributed by atoms with E-state index in [2.05, 4.69) is 30.5 Å². The molecular weight excluding hydrogens is 550 g/mol. The van der Waals surface area contributed by atoms with Crippen molar-refractivity contribution in [1.29, 1.82) is 0 Å². The minimum absolute atomic E-state index is 0.0517. The van der Waals surface area contributed by atoms with E-state index in [9.17, 15) is 32.5 Å². The molecule has 2 aromatic rings. The number of carboxylic acids is 1. The first-order valence-electron chi connectivity index (χ1n) is 10.4. The predicted molar refractivity (Wildman–Crippen MR) is 130 cm³/mol. The molecule has 1 fully saturated rings. The van der Waals surface area contributed by atoms with Crippen LogP contribution in [0.4, 0.5) is 5.13 Å². The van der Waals surface area contributed by atoms with Crippen molar-refractivity contribution >= 4 is 56.2 Å². The zero-order chi connectivity index (χ0) is 28.4. The third kappa shape index (κ3) is 6.30. The number of amides is 2. The fraction of sp³-hybridized carbons (Fsp3) is 0.412. The summed E-state index contributed by atoms with van der Waals surface area (Å²) < 4.78 is 34.5. The van der Waals surface area contributed by atoms with Crippen LogP contribution in [-0.4, -0.2) is 89.3 Å². The number of oxime groups is 1. The molecule has 2 aromatic heterocycles. The minimum atomic E-state index is -5.01. The van der Waals surface area contributed by atoms with Crippen LogP contribution < -0.4 is 22.5 Å². The highest BCUT2D eigenvalue weighted by Gasteiger charge is 2.54. The number of aromatic nitrogens is 4. The van der Waals surface area contributed by atoms with Gasteiger partial charge in [-0.05, 0) is 13.8 Å². The Kier molecular flexibility index (Phi) is 7.83. The number of guanidine groups is 1. The quantitative estimate of drug-likeness (QED) is 0.0509. The fourth-order valence-electron chi connectivity index (χ4n) is 3.00. The summed E-state index contributed by atoms with van der Waals surface area (Å²) in [5.74, 6) is -3.65. The Hall–Kier alpha value is -4.37. The maximum Gasteiger partial charge on any atom is 0.362 e. The third-order valence-electron chi connectivity index (χ3n) is 4.93. The number of aliphatic carboxylic acids is 1. The second-order valence-corrected chi connectivity index (χ2v) is 10.4. The molecule has 3 heterocycles. The second-order valence-electron chi connectivity index (χ2n) is 8.17. The van der Waals surface area contributed by atoms with Gasteiger partial charge in [0.05, 0.1) is 12.6 Å². The second kappa shape index (κ2) is 10.5. The average molecular weight is 574 g/mol. The Morgan fingerprint density at radius 3 is 2.58 bits per heavy atom. The molecule has 2 amide bonds. The highest BCUT2D eigenvalue weighted by Crippen LogP contribution is 2.25. The number of hydrogen-bond donors (Lipinski definition) is 6. The number of β-lactam (4-membered cyclic amide) rings is 1. The molecule has 3 rings (SSSR count). The molecule has 1 aliphatic heterocycles. The number of thiazole rings is 1. The summed E-state index contributed by atoms with van der Waals surface area (Å²) in [6, 6.07) is -2.82. The van der Waals surface area contributed by atoms with Crippen molar-refractivity contribution in [3.05, 3.63) is 23.2 Å². The van der Waals surface area contributed by atoms with Gasteiger partial charge in [-0.25, -0.2) is 24.1 Å². The van der Waals surface area contributed by atoms with Gasteiger partial charge < -0.3 is 32.5 Å². The zero-order valence-corrected chi connectivity index (χ0v) is 21.4. The first-order valence-corrected chi connectivity index (χ1v) is 12.6. The molecule has 19 nitrogen and oxygen atoms in total. The summed E-state index contributed by atoms with van der Waals surface area (Å²) in [5.41, 5.74) is 13.7. The van der Waals surface area contributed by atoms with E-state index in [1.165, 1.54) is 25.6 Å². The third-order valence-corrected chi connectivity index (χ3v) is 6.55. The van der Waals surface area contributed by atoms with E-state index in [-0.39, 0.29) is 40.0 Å². The standard InChI is InChI=1S/C17H23N11O8S2/c1-17(2,14(31)32)36-26-10(7-5-37-16(20)23-7)12(29)24-11-8(28(13(11)30)38(33,34)35)4-27-6-22-9(25-27)3-21-15(18)19/h5-6,8,11H,3-4H2,1-2H3,(H2,20,23)(H,24,29)(H,31,32)(H4,18,19,21)(H,33,34,35)/b26-10+/t8-,11+/m1/s1. The number of aliphatic imine (C=N–C) groups is 1. The normalized spacial score (nSPS) is 18.0. The number of hydrogen-bond acceptors (Lipinski definition) is 13. The monoisotopic (exact) mass is 573 g/mol. The van der Waals surface area contributed by atoms with E-state index < -0.39 is 51.5 Å². The van der Waals surface area contributed by atoms with Crippen molar-refractivity contribution in [2.24, 2.45) is 21.6 Å². The lowest BCUT2D eigenvalue weighted by Gasteiger charge is -2.43. The molecule has 21 heteroatoms. The summed E-state index contributed by atoms with van der Waals surface area (Å²) in [6.45, 7) is 1.95. The molecule has 38 heavy (non-hydrogen) atoms. The van der Waals surface area contributed by atoms with Crippen molar-refractivity contribution in [3.63, 3.8) is 0 Å². The Morgan fingerprint density at radius 1 is 1.34 bits per heavy atom. The molecule has 1 saturated heterocycles. The number of anilines is 1. The highest BCUT2D eigenvalue weighted by molar-refractivity contribution is 7.84. The number of carbonyl (C=O) groups is 3. The van der Waals surface area contributed by atoms with Crippen LogP contribution in [0.5, 0.6) is 0 Å². The van der Waals surface area contributed by atoms with Crippen LogP contribution in [0.3, 0.4) is 0 Å². The van der Waals surface area contributed by atoms with Gasteiger partial charge in [0.2, 0.25) is 5.60 Å². The average Bonchev–Trinajstić information content (AvgIpc) is 3.43. The van der Waals surface area contributed by atoms with Gasteiger partial charge in [-0.3, -0.25) is 18.8 Å². The van der Waals surface area contributed by atoms with E-state index in [4.69, 9.17) is 22.0 Å². The Balaban J connectivity index is 1.87. The van der Waals surface area contributed by atoms with Crippen molar-refractivity contribution in [2.45, 2.75) is 44.6 Å². The molecule has 0 bridgehead atoms. The van der Waals surface area contributed by atoms with Gasteiger partial charge in [0.1, 0.15) is 24.6 Å². The molecule has 0 saturated carbocycles. The molecule has 0 unspecified atom stereocenters. The number of rotatable bonds is 11. The number of nitrogens with zero attached hydrogens (tertiary/aromatic N) is 7. The number of nitrogens with two attached hydrogens (primary N) is 3. The fourth-order valence-corrected chi connectivity index (χ4v) is 4.42. The van der Waals surface area contributed by atoms with Crippen molar-refractivity contribution in [3.8, 4) is 0 Å². The van der Waals surface area contributed by atoms with Gasteiger partial charge in [-0.15, -0.1) is 11.3 Å². The number of nitrogens with one attached hydrogen (secondary N) is 1. The van der Waals surface area contributed by atoms with Gasteiger partial charge in [-0.1, -0.05) is 5.16 Å². The van der Waals surface area contributed by atoms with Crippen molar-refractivity contribution in [2.75, 3.05) is 5.73 Å².